The van der Waals surface area contributed by atoms with Crippen molar-refractivity contribution in [1.82, 2.24) is 10.2 Å². The van der Waals surface area contributed by atoms with E-state index in [1.165, 1.54) is 24.1 Å². The topological polar surface area (TPSA) is 96.0 Å². The molecule has 0 saturated heterocycles. The summed E-state index contributed by atoms with van der Waals surface area (Å²) < 4.78 is 33.9. The van der Waals surface area contributed by atoms with Crippen LogP contribution in [-0.4, -0.2) is 50.9 Å². The molecule has 0 radical (unpaired) electrons. The van der Waals surface area contributed by atoms with Crippen LogP contribution in [-0.2, 0) is 26.2 Å². The number of rotatable bonds is 12. The predicted octanol–water partition coefficient (Wildman–Crippen LogP) is 4.22. The van der Waals surface area contributed by atoms with Crippen LogP contribution in [0.15, 0.2) is 89.8 Å². The second kappa shape index (κ2) is 13.1. The normalized spacial score (nSPS) is 12.7. The average Bonchev–Trinajstić information content (AvgIpc) is 2.94. The first-order chi connectivity index (χ1) is 18.2. The fourth-order valence-corrected chi connectivity index (χ4v) is 5.27. The van der Waals surface area contributed by atoms with Gasteiger partial charge in [0.2, 0.25) is 11.8 Å². The molecule has 3 aromatic rings. The van der Waals surface area contributed by atoms with Gasteiger partial charge in [-0.2, -0.15) is 0 Å². The van der Waals surface area contributed by atoms with Crippen molar-refractivity contribution in [3.8, 4) is 5.75 Å². The molecule has 0 aliphatic heterocycles. The van der Waals surface area contributed by atoms with E-state index in [1.54, 1.807) is 49.4 Å². The molecule has 3 aromatic carbocycles. The van der Waals surface area contributed by atoms with Crippen LogP contribution in [0.4, 0.5) is 5.69 Å². The van der Waals surface area contributed by atoms with Crippen LogP contribution in [0.2, 0.25) is 0 Å². The Balaban J connectivity index is 2.02. The third-order valence-electron chi connectivity index (χ3n) is 6.32. The van der Waals surface area contributed by atoms with Crippen molar-refractivity contribution in [1.29, 1.82) is 0 Å². The summed E-state index contributed by atoms with van der Waals surface area (Å²) in [6.07, 6.45) is 0.740. The molecule has 0 spiro atoms. The molecule has 1 N–H and O–H groups in total. The first-order valence-corrected chi connectivity index (χ1v) is 14.0. The molecule has 0 heterocycles. The molecule has 9 heteroatoms. The molecule has 202 valence electrons. The van der Waals surface area contributed by atoms with Crippen molar-refractivity contribution in [3.05, 3.63) is 90.5 Å². The number of hydrogen-bond acceptors (Lipinski definition) is 5. The number of amides is 2. The van der Waals surface area contributed by atoms with Crippen molar-refractivity contribution in [2.24, 2.45) is 0 Å². The van der Waals surface area contributed by atoms with E-state index in [2.05, 4.69) is 5.32 Å². The van der Waals surface area contributed by atoms with Gasteiger partial charge in [-0.3, -0.25) is 13.9 Å². The predicted molar refractivity (Wildman–Crippen MR) is 148 cm³/mol. The van der Waals surface area contributed by atoms with Gasteiger partial charge in [0.05, 0.1) is 17.7 Å². The molecule has 2 amide bonds. The fraction of sp³-hybridized carbons (Fsp3) is 0.310. The molecular formula is C29H35N3O5S. The maximum atomic E-state index is 13.9. The number of ether oxygens (including phenoxy) is 1. The van der Waals surface area contributed by atoms with Gasteiger partial charge >= 0.3 is 0 Å². The second-order valence-corrected chi connectivity index (χ2v) is 10.9. The lowest BCUT2D eigenvalue weighted by Gasteiger charge is -2.32. The SMILES string of the molecule is CC[C@@H](C)NC(=O)[C@H](C)N(Cc1ccccc1)C(=O)CN(c1cccc(OC)c1)S(=O)(=O)c1ccccc1. The summed E-state index contributed by atoms with van der Waals surface area (Å²) in [6, 6.07) is 22.9. The number of carbonyl (C=O) groups excluding carboxylic acids is 2. The van der Waals surface area contributed by atoms with Crippen LogP contribution in [0.1, 0.15) is 32.8 Å². The molecule has 0 aromatic heterocycles. The molecule has 0 fully saturated rings. The minimum Gasteiger partial charge on any atom is -0.497 e. The van der Waals surface area contributed by atoms with Gasteiger partial charge in [-0.05, 0) is 50.1 Å². The van der Waals surface area contributed by atoms with Gasteiger partial charge in [0.25, 0.3) is 10.0 Å². The molecule has 8 nitrogen and oxygen atoms in total. The fourth-order valence-electron chi connectivity index (χ4n) is 3.84. The summed E-state index contributed by atoms with van der Waals surface area (Å²) in [4.78, 5) is 28.4. The summed E-state index contributed by atoms with van der Waals surface area (Å²) in [7, 11) is -2.63. The molecule has 0 unspecified atom stereocenters. The zero-order chi connectivity index (χ0) is 27.7. The van der Waals surface area contributed by atoms with Crippen molar-refractivity contribution >= 4 is 27.5 Å². The first kappa shape index (κ1) is 28.7. The summed E-state index contributed by atoms with van der Waals surface area (Å²) in [5, 5.41) is 2.93. The minimum atomic E-state index is -4.12. The van der Waals surface area contributed by atoms with E-state index in [4.69, 9.17) is 4.74 Å². The third-order valence-corrected chi connectivity index (χ3v) is 8.10. The van der Waals surface area contributed by atoms with Crippen molar-refractivity contribution in [2.45, 2.75) is 50.7 Å². The molecule has 0 bridgehead atoms. The number of carbonyl (C=O) groups is 2. The third kappa shape index (κ3) is 7.13. The van der Waals surface area contributed by atoms with Gasteiger partial charge in [0.1, 0.15) is 18.3 Å². The van der Waals surface area contributed by atoms with Crippen LogP contribution in [0.3, 0.4) is 0 Å². The number of sulfonamides is 1. The Morgan fingerprint density at radius 1 is 0.921 bits per heavy atom. The van der Waals surface area contributed by atoms with Crippen molar-refractivity contribution in [3.63, 3.8) is 0 Å². The quantitative estimate of drug-likeness (QED) is 0.373. The summed E-state index contributed by atoms with van der Waals surface area (Å²) in [6.45, 7) is 5.15. The Bertz CT molecular complexity index is 1320. The van der Waals surface area contributed by atoms with Gasteiger partial charge in [0.15, 0.2) is 0 Å². The highest BCUT2D eigenvalue weighted by Crippen LogP contribution is 2.27. The number of benzene rings is 3. The van der Waals surface area contributed by atoms with Gasteiger partial charge in [-0.15, -0.1) is 0 Å². The summed E-state index contributed by atoms with van der Waals surface area (Å²) >= 11 is 0. The zero-order valence-corrected chi connectivity index (χ0v) is 23.0. The molecular weight excluding hydrogens is 502 g/mol. The number of methoxy groups -OCH3 is 1. The lowest BCUT2D eigenvalue weighted by Crippen LogP contribution is -2.52. The number of hydrogen-bond donors (Lipinski definition) is 1. The Labute approximate surface area is 225 Å². The standard InChI is InChI=1S/C29H35N3O5S/c1-5-22(2)30-29(34)23(3)31(20-24-13-8-6-9-14-24)28(33)21-32(25-15-12-16-26(19-25)37-4)38(35,36)27-17-10-7-11-18-27/h6-19,22-23H,5,20-21H2,1-4H3,(H,30,34)/t22-,23+/m1/s1. The summed E-state index contributed by atoms with van der Waals surface area (Å²) in [5.74, 6) is -0.365. The lowest BCUT2D eigenvalue weighted by atomic mass is 10.1. The highest BCUT2D eigenvalue weighted by molar-refractivity contribution is 7.92. The van der Waals surface area contributed by atoms with Gasteiger partial charge in [-0.25, -0.2) is 8.42 Å². The van der Waals surface area contributed by atoms with E-state index in [9.17, 15) is 18.0 Å². The van der Waals surface area contributed by atoms with Gasteiger partial charge in [-0.1, -0.05) is 61.5 Å². The first-order valence-electron chi connectivity index (χ1n) is 12.5. The van der Waals surface area contributed by atoms with Gasteiger partial charge < -0.3 is 15.0 Å². The van der Waals surface area contributed by atoms with E-state index in [0.717, 1.165) is 16.3 Å². The van der Waals surface area contributed by atoms with E-state index in [0.29, 0.717) is 5.75 Å². The largest absolute Gasteiger partial charge is 0.497 e. The number of anilines is 1. The van der Waals surface area contributed by atoms with Crippen molar-refractivity contribution < 1.29 is 22.7 Å². The molecule has 0 aliphatic carbocycles. The monoisotopic (exact) mass is 537 g/mol. The van der Waals surface area contributed by atoms with Crippen molar-refractivity contribution in [2.75, 3.05) is 18.0 Å². The van der Waals surface area contributed by atoms with Gasteiger partial charge in [0, 0.05) is 18.7 Å². The number of nitrogens with zero attached hydrogens (tertiary/aromatic N) is 2. The van der Waals surface area contributed by atoms with Crippen LogP contribution >= 0.6 is 0 Å². The lowest BCUT2D eigenvalue weighted by molar-refractivity contribution is -0.139. The molecule has 0 saturated carbocycles. The minimum absolute atomic E-state index is 0.0489. The number of nitrogens with one attached hydrogen (secondary N) is 1. The average molecular weight is 538 g/mol. The second-order valence-electron chi connectivity index (χ2n) is 9.03. The summed E-state index contributed by atoms with van der Waals surface area (Å²) in [5.41, 5.74) is 1.10. The van der Waals surface area contributed by atoms with Crippen LogP contribution in [0.25, 0.3) is 0 Å². The highest BCUT2D eigenvalue weighted by Gasteiger charge is 2.32. The molecule has 0 aliphatic rings. The highest BCUT2D eigenvalue weighted by atomic mass is 32.2. The Morgan fingerprint density at radius 2 is 1.55 bits per heavy atom. The Kier molecular flexibility index (Phi) is 9.90. The van der Waals surface area contributed by atoms with Crippen LogP contribution in [0.5, 0.6) is 5.75 Å². The van der Waals surface area contributed by atoms with Crippen LogP contribution < -0.4 is 14.4 Å². The molecule has 3 rings (SSSR count). The zero-order valence-electron chi connectivity index (χ0n) is 22.2. The van der Waals surface area contributed by atoms with E-state index in [-0.39, 0.29) is 29.1 Å². The maximum Gasteiger partial charge on any atom is 0.264 e. The van der Waals surface area contributed by atoms with E-state index >= 15 is 0 Å². The smallest absolute Gasteiger partial charge is 0.264 e. The maximum absolute atomic E-state index is 13.9. The van der Waals surface area contributed by atoms with Crippen LogP contribution in [0, 0.1) is 0 Å². The Morgan fingerprint density at radius 3 is 2.16 bits per heavy atom. The molecule has 38 heavy (non-hydrogen) atoms. The van der Waals surface area contributed by atoms with E-state index in [1.807, 2.05) is 44.2 Å². The Hall–Kier alpha value is -3.85. The van der Waals surface area contributed by atoms with E-state index < -0.39 is 28.5 Å². The molecule has 2 atom stereocenters.